The molecule has 28 heavy (non-hydrogen) atoms. The summed E-state index contributed by atoms with van der Waals surface area (Å²) in [6, 6.07) is 4.10. The van der Waals surface area contributed by atoms with Crippen LogP contribution >= 0.6 is 0 Å². The second kappa shape index (κ2) is 7.48. The van der Waals surface area contributed by atoms with E-state index in [0.717, 1.165) is 31.7 Å². The molecule has 0 atom stereocenters. The SMILES string of the molecule is Cc1c(Nc2cc(C(F)(F)F)nc(NC3CCCC3)n2)cccc1C(F)(F)F. The Morgan fingerprint density at radius 3 is 2.25 bits per heavy atom. The highest BCUT2D eigenvalue weighted by Gasteiger charge is 2.35. The van der Waals surface area contributed by atoms with Gasteiger partial charge in [-0.05, 0) is 37.5 Å². The fraction of sp³-hybridized carbons (Fsp3) is 0.444. The van der Waals surface area contributed by atoms with Crippen molar-refractivity contribution in [2.24, 2.45) is 0 Å². The van der Waals surface area contributed by atoms with Crippen LogP contribution in [0.15, 0.2) is 24.3 Å². The first kappa shape index (κ1) is 20.2. The summed E-state index contributed by atoms with van der Waals surface area (Å²) < 4.78 is 78.8. The maximum atomic E-state index is 13.2. The Kier molecular flexibility index (Phi) is 5.40. The van der Waals surface area contributed by atoms with Crippen molar-refractivity contribution in [1.82, 2.24) is 9.97 Å². The molecule has 0 aliphatic heterocycles. The van der Waals surface area contributed by atoms with Crippen molar-refractivity contribution in [1.29, 1.82) is 0 Å². The van der Waals surface area contributed by atoms with Gasteiger partial charge in [-0.2, -0.15) is 31.3 Å². The fourth-order valence-corrected chi connectivity index (χ4v) is 3.19. The van der Waals surface area contributed by atoms with Crippen LogP contribution in [0.4, 0.5) is 43.8 Å². The van der Waals surface area contributed by atoms with Gasteiger partial charge in [0.2, 0.25) is 5.95 Å². The molecule has 1 aliphatic rings. The third kappa shape index (κ3) is 4.66. The van der Waals surface area contributed by atoms with Gasteiger partial charge >= 0.3 is 12.4 Å². The number of hydrogen-bond acceptors (Lipinski definition) is 4. The van der Waals surface area contributed by atoms with Gasteiger partial charge in [0.1, 0.15) is 5.82 Å². The minimum absolute atomic E-state index is 0.0216. The molecule has 0 radical (unpaired) electrons. The predicted molar refractivity (Wildman–Crippen MR) is 92.4 cm³/mol. The van der Waals surface area contributed by atoms with Gasteiger partial charge in [-0.1, -0.05) is 18.9 Å². The van der Waals surface area contributed by atoms with Crippen molar-refractivity contribution >= 4 is 17.5 Å². The molecule has 3 rings (SSSR count). The third-order valence-electron chi connectivity index (χ3n) is 4.61. The van der Waals surface area contributed by atoms with Gasteiger partial charge in [0.15, 0.2) is 5.69 Å². The number of anilines is 3. The van der Waals surface area contributed by atoms with Crippen LogP contribution < -0.4 is 10.6 Å². The summed E-state index contributed by atoms with van der Waals surface area (Å²) in [6.07, 6.45) is -5.76. The highest BCUT2D eigenvalue weighted by molar-refractivity contribution is 5.63. The van der Waals surface area contributed by atoms with Crippen molar-refractivity contribution < 1.29 is 26.3 Å². The lowest BCUT2D eigenvalue weighted by molar-refractivity contribution is -0.141. The smallest absolute Gasteiger partial charge is 0.351 e. The zero-order valence-electron chi connectivity index (χ0n) is 14.9. The van der Waals surface area contributed by atoms with Gasteiger partial charge in [0, 0.05) is 17.8 Å². The van der Waals surface area contributed by atoms with Gasteiger partial charge < -0.3 is 10.6 Å². The van der Waals surface area contributed by atoms with E-state index in [2.05, 4.69) is 20.6 Å². The van der Waals surface area contributed by atoms with Gasteiger partial charge in [0.25, 0.3) is 0 Å². The average Bonchev–Trinajstić information content (AvgIpc) is 3.07. The van der Waals surface area contributed by atoms with E-state index in [1.165, 1.54) is 19.1 Å². The zero-order valence-corrected chi connectivity index (χ0v) is 14.9. The summed E-state index contributed by atoms with van der Waals surface area (Å²) in [5.41, 5.74) is -2.15. The van der Waals surface area contributed by atoms with E-state index in [-0.39, 0.29) is 29.1 Å². The van der Waals surface area contributed by atoms with Crippen LogP contribution in [0.5, 0.6) is 0 Å². The molecule has 1 aromatic heterocycles. The van der Waals surface area contributed by atoms with E-state index in [0.29, 0.717) is 6.07 Å². The summed E-state index contributed by atoms with van der Waals surface area (Å²) in [6.45, 7) is 1.24. The normalized spacial score (nSPS) is 15.7. The molecule has 0 amide bonds. The highest BCUT2D eigenvalue weighted by atomic mass is 19.4. The molecule has 0 spiro atoms. The van der Waals surface area contributed by atoms with Gasteiger partial charge in [-0.3, -0.25) is 0 Å². The lowest BCUT2D eigenvalue weighted by Gasteiger charge is -2.17. The van der Waals surface area contributed by atoms with Crippen molar-refractivity contribution in [3.8, 4) is 0 Å². The second-order valence-electron chi connectivity index (χ2n) is 6.69. The minimum Gasteiger partial charge on any atom is -0.351 e. The van der Waals surface area contributed by atoms with Crippen molar-refractivity contribution in [3.05, 3.63) is 41.1 Å². The van der Waals surface area contributed by atoms with Gasteiger partial charge in [-0.25, -0.2) is 4.98 Å². The molecule has 0 bridgehead atoms. The molecule has 1 aromatic carbocycles. The van der Waals surface area contributed by atoms with Crippen LogP contribution in [0, 0.1) is 6.92 Å². The van der Waals surface area contributed by atoms with Crippen LogP contribution in [0.3, 0.4) is 0 Å². The monoisotopic (exact) mass is 404 g/mol. The van der Waals surface area contributed by atoms with Crippen LogP contribution in [0.1, 0.15) is 42.5 Å². The number of hydrogen-bond donors (Lipinski definition) is 2. The van der Waals surface area contributed by atoms with E-state index >= 15 is 0 Å². The fourth-order valence-electron chi connectivity index (χ4n) is 3.19. The number of nitrogens with one attached hydrogen (secondary N) is 2. The standard InChI is InChI=1S/C18H18F6N4/c1-10-12(17(19,20)21)7-4-8-13(10)26-15-9-14(18(22,23)24)27-16(28-15)25-11-5-2-3-6-11/h4,7-9,11H,2-3,5-6H2,1H3,(H2,25,26,27,28). The van der Waals surface area contributed by atoms with E-state index in [9.17, 15) is 26.3 Å². The first-order chi connectivity index (χ1) is 13.0. The molecule has 4 nitrogen and oxygen atoms in total. The molecule has 1 saturated carbocycles. The number of alkyl halides is 6. The molecule has 2 aromatic rings. The summed E-state index contributed by atoms with van der Waals surface area (Å²) in [4.78, 5) is 7.55. The number of aromatic nitrogens is 2. The Labute approximate surface area is 157 Å². The summed E-state index contributed by atoms with van der Waals surface area (Å²) >= 11 is 0. The second-order valence-corrected chi connectivity index (χ2v) is 6.69. The molecule has 1 heterocycles. The van der Waals surface area contributed by atoms with E-state index in [4.69, 9.17) is 0 Å². The van der Waals surface area contributed by atoms with Crippen LogP contribution in [0.25, 0.3) is 0 Å². The van der Waals surface area contributed by atoms with Crippen molar-refractivity contribution in [2.45, 2.75) is 51.0 Å². The Bertz CT molecular complexity index is 841. The Morgan fingerprint density at radius 1 is 0.964 bits per heavy atom. The van der Waals surface area contributed by atoms with Gasteiger partial charge in [0.05, 0.1) is 5.56 Å². The molecule has 1 fully saturated rings. The Balaban J connectivity index is 1.95. The lowest BCUT2D eigenvalue weighted by Crippen LogP contribution is -2.19. The topological polar surface area (TPSA) is 49.8 Å². The minimum atomic E-state index is -4.71. The quantitative estimate of drug-likeness (QED) is 0.621. The predicted octanol–water partition coefficient (Wildman–Crippen LogP) is 5.92. The molecular weight excluding hydrogens is 386 g/mol. The molecule has 10 heteroatoms. The maximum Gasteiger partial charge on any atom is 0.433 e. The van der Waals surface area contributed by atoms with Crippen molar-refractivity contribution in [3.63, 3.8) is 0 Å². The number of benzene rings is 1. The van der Waals surface area contributed by atoms with Crippen LogP contribution in [0.2, 0.25) is 0 Å². The highest BCUT2D eigenvalue weighted by Crippen LogP contribution is 2.36. The Morgan fingerprint density at radius 2 is 1.64 bits per heavy atom. The lowest BCUT2D eigenvalue weighted by atomic mass is 10.1. The largest absolute Gasteiger partial charge is 0.433 e. The number of halogens is 6. The van der Waals surface area contributed by atoms with Crippen LogP contribution in [-0.2, 0) is 12.4 Å². The molecular formula is C18H18F6N4. The molecule has 0 saturated heterocycles. The van der Waals surface area contributed by atoms with E-state index in [1.54, 1.807) is 0 Å². The Hall–Kier alpha value is -2.52. The molecule has 2 N–H and O–H groups in total. The number of rotatable bonds is 4. The first-order valence-electron chi connectivity index (χ1n) is 8.70. The molecule has 1 aliphatic carbocycles. The zero-order chi connectivity index (χ0) is 20.5. The van der Waals surface area contributed by atoms with Crippen LogP contribution in [-0.4, -0.2) is 16.0 Å². The average molecular weight is 404 g/mol. The summed E-state index contributed by atoms with van der Waals surface area (Å²) in [5, 5.41) is 5.46. The first-order valence-corrected chi connectivity index (χ1v) is 8.70. The van der Waals surface area contributed by atoms with E-state index < -0.39 is 23.6 Å². The summed E-state index contributed by atoms with van der Waals surface area (Å²) in [7, 11) is 0. The molecule has 152 valence electrons. The maximum absolute atomic E-state index is 13.2. The molecule has 0 unspecified atom stereocenters. The van der Waals surface area contributed by atoms with Crippen molar-refractivity contribution in [2.75, 3.05) is 10.6 Å². The number of nitrogens with zero attached hydrogens (tertiary/aromatic N) is 2. The third-order valence-corrected chi connectivity index (χ3v) is 4.61. The van der Waals surface area contributed by atoms with E-state index in [1.807, 2.05) is 0 Å². The summed E-state index contributed by atoms with van der Waals surface area (Å²) in [5.74, 6) is -0.431. The van der Waals surface area contributed by atoms with Gasteiger partial charge in [-0.15, -0.1) is 0 Å².